The first-order chi connectivity index (χ1) is 10.2. The zero-order valence-electron chi connectivity index (χ0n) is 11.3. The van der Waals surface area contributed by atoms with Crippen LogP contribution in [0.1, 0.15) is 17.0 Å². The molecule has 8 nitrogen and oxygen atoms in total. The van der Waals surface area contributed by atoms with Gasteiger partial charge in [0.1, 0.15) is 12.4 Å². The first-order valence-electron chi connectivity index (χ1n) is 6.20. The third-order valence-corrected chi connectivity index (χ3v) is 3.28. The van der Waals surface area contributed by atoms with E-state index < -0.39 is 11.9 Å². The van der Waals surface area contributed by atoms with Crippen molar-refractivity contribution in [3.05, 3.63) is 30.5 Å². The van der Waals surface area contributed by atoms with Crippen molar-refractivity contribution < 1.29 is 14.0 Å². The fourth-order valence-electron chi connectivity index (χ4n) is 1.61. The van der Waals surface area contributed by atoms with E-state index in [9.17, 15) is 9.59 Å². The second kappa shape index (κ2) is 7.48. The molecule has 2 aromatic rings. The highest BCUT2D eigenvalue weighted by atomic mass is 32.2. The van der Waals surface area contributed by atoms with Gasteiger partial charge in [-0.15, -0.1) is 0 Å². The molecule has 3 N–H and O–H groups in total. The highest BCUT2D eigenvalue weighted by Crippen LogP contribution is 2.06. The number of carbonyl (C=O) groups is 2. The van der Waals surface area contributed by atoms with E-state index in [1.807, 2.05) is 6.26 Å². The van der Waals surface area contributed by atoms with Gasteiger partial charge >= 0.3 is 0 Å². The van der Waals surface area contributed by atoms with Crippen LogP contribution in [-0.2, 0) is 4.79 Å². The molecule has 2 rings (SSSR count). The molecule has 9 heteroatoms. The average molecular weight is 309 g/mol. The standard InChI is InChI=1S/C12H15N5O3S/c1-21-6-4-8(10(18)16-12-13-7-14-17-12)15-11(19)9-3-2-5-20-9/h2-3,5,7-8H,4,6H2,1H3,(H,15,19)(H2,13,14,16,17,18)/t8-/m1/s1. The van der Waals surface area contributed by atoms with E-state index in [0.717, 1.165) is 5.75 Å². The first kappa shape index (κ1) is 15.1. The number of H-pyrrole nitrogens is 1. The molecule has 0 radical (unpaired) electrons. The summed E-state index contributed by atoms with van der Waals surface area (Å²) < 4.78 is 5.01. The van der Waals surface area contributed by atoms with Crippen molar-refractivity contribution in [3.8, 4) is 0 Å². The summed E-state index contributed by atoms with van der Waals surface area (Å²) in [6.07, 6.45) is 5.11. The molecule has 0 aliphatic carbocycles. The molecule has 0 aliphatic rings. The molecule has 2 aromatic heterocycles. The number of thioether (sulfide) groups is 1. The largest absolute Gasteiger partial charge is 0.459 e. The third kappa shape index (κ3) is 4.35. The fourth-order valence-corrected chi connectivity index (χ4v) is 2.08. The Balaban J connectivity index is 1.99. The smallest absolute Gasteiger partial charge is 0.287 e. The van der Waals surface area contributed by atoms with Crippen LogP contribution in [0.4, 0.5) is 5.95 Å². The summed E-state index contributed by atoms with van der Waals surface area (Å²) >= 11 is 1.59. The van der Waals surface area contributed by atoms with E-state index in [-0.39, 0.29) is 17.6 Å². The minimum atomic E-state index is -0.680. The Bertz CT molecular complexity index is 570. The maximum absolute atomic E-state index is 12.2. The van der Waals surface area contributed by atoms with Crippen LogP contribution in [0.15, 0.2) is 29.1 Å². The van der Waals surface area contributed by atoms with Gasteiger partial charge in [0, 0.05) is 0 Å². The van der Waals surface area contributed by atoms with Gasteiger partial charge in [0.2, 0.25) is 11.9 Å². The second-order valence-electron chi connectivity index (χ2n) is 4.11. The molecule has 2 heterocycles. The Labute approximate surface area is 125 Å². The number of anilines is 1. The number of rotatable bonds is 7. The van der Waals surface area contributed by atoms with Crippen LogP contribution in [-0.4, -0.2) is 45.0 Å². The van der Waals surface area contributed by atoms with Crippen molar-refractivity contribution in [3.63, 3.8) is 0 Å². The lowest BCUT2D eigenvalue weighted by molar-refractivity contribution is -0.118. The molecule has 0 saturated carbocycles. The lowest BCUT2D eigenvalue weighted by atomic mass is 10.2. The molecule has 112 valence electrons. The number of furan rings is 1. The molecule has 1 atom stereocenters. The van der Waals surface area contributed by atoms with Gasteiger partial charge in [-0.2, -0.15) is 21.8 Å². The van der Waals surface area contributed by atoms with Crippen molar-refractivity contribution in [2.75, 3.05) is 17.3 Å². The lowest BCUT2D eigenvalue weighted by Gasteiger charge is -2.16. The Morgan fingerprint density at radius 2 is 2.38 bits per heavy atom. The zero-order chi connectivity index (χ0) is 15.1. The molecule has 0 fully saturated rings. The maximum atomic E-state index is 12.2. The predicted molar refractivity (Wildman–Crippen MR) is 78.0 cm³/mol. The number of aromatic amines is 1. The van der Waals surface area contributed by atoms with Crippen molar-refractivity contribution in [1.82, 2.24) is 20.5 Å². The van der Waals surface area contributed by atoms with Crippen molar-refractivity contribution in [2.45, 2.75) is 12.5 Å². The Morgan fingerprint density at radius 1 is 1.52 bits per heavy atom. The lowest BCUT2D eigenvalue weighted by Crippen LogP contribution is -2.44. The van der Waals surface area contributed by atoms with Gasteiger partial charge in [0.25, 0.3) is 5.91 Å². The number of hydrogen-bond donors (Lipinski definition) is 3. The molecule has 0 saturated heterocycles. The summed E-state index contributed by atoms with van der Waals surface area (Å²) in [5, 5.41) is 11.4. The van der Waals surface area contributed by atoms with Crippen molar-refractivity contribution >= 4 is 29.5 Å². The molecular formula is C12H15N5O3S. The summed E-state index contributed by atoms with van der Waals surface area (Å²) in [7, 11) is 0. The van der Waals surface area contributed by atoms with Crippen LogP contribution in [0.3, 0.4) is 0 Å². The maximum Gasteiger partial charge on any atom is 0.287 e. The number of nitrogens with one attached hydrogen (secondary N) is 3. The molecule has 0 bridgehead atoms. The monoisotopic (exact) mass is 309 g/mol. The van der Waals surface area contributed by atoms with E-state index in [0.29, 0.717) is 6.42 Å². The first-order valence-corrected chi connectivity index (χ1v) is 7.59. The minimum absolute atomic E-state index is 0.164. The van der Waals surface area contributed by atoms with Crippen LogP contribution in [0.2, 0.25) is 0 Å². The molecule has 0 spiro atoms. The number of amides is 2. The SMILES string of the molecule is CSCC[C@@H](NC(=O)c1ccco1)C(=O)Nc1ncn[nH]1. The summed E-state index contributed by atoms with van der Waals surface area (Å²) in [6, 6.07) is 2.47. The van der Waals surface area contributed by atoms with E-state index in [1.165, 1.54) is 18.7 Å². The molecule has 0 aromatic carbocycles. The summed E-state index contributed by atoms with van der Waals surface area (Å²) in [6.45, 7) is 0. The van der Waals surface area contributed by atoms with Gasteiger partial charge in [-0.1, -0.05) is 0 Å². The highest BCUT2D eigenvalue weighted by Gasteiger charge is 2.22. The molecular weight excluding hydrogens is 294 g/mol. The molecule has 21 heavy (non-hydrogen) atoms. The van der Waals surface area contributed by atoms with Gasteiger partial charge < -0.3 is 9.73 Å². The normalized spacial score (nSPS) is 11.9. The second-order valence-corrected chi connectivity index (χ2v) is 5.09. The zero-order valence-corrected chi connectivity index (χ0v) is 12.1. The minimum Gasteiger partial charge on any atom is -0.459 e. The third-order valence-electron chi connectivity index (χ3n) is 2.63. The van der Waals surface area contributed by atoms with E-state index in [2.05, 4.69) is 25.8 Å². The Morgan fingerprint density at radius 3 is 3.00 bits per heavy atom. The van der Waals surface area contributed by atoms with Crippen LogP contribution in [0, 0.1) is 0 Å². The molecule has 2 amide bonds. The van der Waals surface area contributed by atoms with E-state index >= 15 is 0 Å². The van der Waals surface area contributed by atoms with Crippen molar-refractivity contribution in [2.24, 2.45) is 0 Å². The molecule has 0 unspecified atom stereocenters. The predicted octanol–water partition coefficient (Wildman–Crippen LogP) is 0.888. The van der Waals surface area contributed by atoms with Gasteiger partial charge in [-0.3, -0.25) is 14.9 Å². The summed E-state index contributed by atoms with van der Waals surface area (Å²) in [5.41, 5.74) is 0. The average Bonchev–Trinajstić information content (AvgIpc) is 3.15. The van der Waals surface area contributed by atoms with Crippen molar-refractivity contribution in [1.29, 1.82) is 0 Å². The highest BCUT2D eigenvalue weighted by molar-refractivity contribution is 7.98. The summed E-state index contributed by atoms with van der Waals surface area (Å²) in [4.78, 5) is 27.9. The van der Waals surface area contributed by atoms with Gasteiger partial charge in [0.15, 0.2) is 5.76 Å². The molecule has 0 aliphatic heterocycles. The van der Waals surface area contributed by atoms with Gasteiger partial charge in [0.05, 0.1) is 6.26 Å². The van der Waals surface area contributed by atoms with Crippen LogP contribution >= 0.6 is 11.8 Å². The number of hydrogen-bond acceptors (Lipinski definition) is 6. The van der Waals surface area contributed by atoms with E-state index in [1.54, 1.807) is 17.8 Å². The van der Waals surface area contributed by atoms with Gasteiger partial charge in [-0.25, -0.2) is 5.10 Å². The fraction of sp³-hybridized carbons (Fsp3) is 0.333. The number of nitrogens with zero attached hydrogens (tertiary/aromatic N) is 2. The van der Waals surface area contributed by atoms with Crippen LogP contribution < -0.4 is 10.6 Å². The van der Waals surface area contributed by atoms with Crippen LogP contribution in [0.25, 0.3) is 0 Å². The topological polar surface area (TPSA) is 113 Å². The summed E-state index contributed by atoms with van der Waals surface area (Å²) in [5.74, 6) is 0.338. The Kier molecular flexibility index (Phi) is 5.38. The quantitative estimate of drug-likeness (QED) is 0.700. The van der Waals surface area contributed by atoms with Crippen LogP contribution in [0.5, 0.6) is 0 Å². The van der Waals surface area contributed by atoms with Gasteiger partial charge in [-0.05, 0) is 30.6 Å². The Hall–Kier alpha value is -2.29. The number of aromatic nitrogens is 3. The van der Waals surface area contributed by atoms with E-state index in [4.69, 9.17) is 4.42 Å². The number of carbonyl (C=O) groups excluding carboxylic acids is 2.